The number of rotatable bonds is 3. The highest BCUT2D eigenvalue weighted by Crippen LogP contribution is 2.22. The molecule has 0 bridgehead atoms. The molecule has 0 aliphatic carbocycles. The molecule has 0 aliphatic heterocycles. The van der Waals surface area contributed by atoms with Gasteiger partial charge in [0.25, 0.3) is 0 Å². The van der Waals surface area contributed by atoms with Crippen LogP contribution in [0.15, 0.2) is 48.5 Å². The van der Waals surface area contributed by atoms with E-state index in [-0.39, 0.29) is 11.9 Å². The molecule has 0 amide bonds. The van der Waals surface area contributed by atoms with Crippen molar-refractivity contribution in [3.05, 3.63) is 65.5 Å². The Hall–Kier alpha value is -1.87. The third-order valence-electron chi connectivity index (χ3n) is 2.70. The highest BCUT2D eigenvalue weighted by molar-refractivity contribution is 5.35. The Kier molecular flexibility index (Phi) is 3.40. The van der Waals surface area contributed by atoms with Gasteiger partial charge in [-0.15, -0.1) is 0 Å². The second kappa shape index (κ2) is 4.97. The molecule has 0 unspecified atom stereocenters. The molecule has 88 valence electrons. The van der Waals surface area contributed by atoms with E-state index in [1.807, 2.05) is 24.3 Å². The maximum atomic E-state index is 12.8. The Bertz CT molecular complexity index is 479. The molecule has 2 rings (SSSR count). The summed E-state index contributed by atoms with van der Waals surface area (Å²) < 4.78 is 17.9. The first kappa shape index (κ1) is 11.6. The molecule has 2 nitrogen and oxygen atoms in total. The van der Waals surface area contributed by atoms with Crippen molar-refractivity contribution in [3.8, 4) is 5.75 Å². The van der Waals surface area contributed by atoms with E-state index in [4.69, 9.17) is 10.5 Å². The van der Waals surface area contributed by atoms with Gasteiger partial charge in [-0.25, -0.2) is 4.39 Å². The Labute approximate surface area is 99.8 Å². The van der Waals surface area contributed by atoms with Crippen molar-refractivity contribution in [2.75, 3.05) is 7.11 Å². The fraction of sp³-hybridized carbons (Fsp3) is 0.143. The van der Waals surface area contributed by atoms with E-state index >= 15 is 0 Å². The molecular formula is C14H14FNO. The summed E-state index contributed by atoms with van der Waals surface area (Å²) in [5, 5.41) is 0. The van der Waals surface area contributed by atoms with Crippen LogP contribution in [0.4, 0.5) is 4.39 Å². The average Bonchev–Trinajstić information content (AvgIpc) is 2.39. The lowest BCUT2D eigenvalue weighted by Gasteiger charge is -2.13. The maximum absolute atomic E-state index is 12.8. The number of benzene rings is 2. The summed E-state index contributed by atoms with van der Waals surface area (Å²) in [6.07, 6.45) is 0. The van der Waals surface area contributed by atoms with Gasteiger partial charge in [0.05, 0.1) is 13.2 Å². The van der Waals surface area contributed by atoms with E-state index < -0.39 is 0 Å². The number of ether oxygens (including phenoxy) is 1. The van der Waals surface area contributed by atoms with Crippen molar-refractivity contribution in [2.45, 2.75) is 6.04 Å². The Morgan fingerprint density at radius 1 is 0.941 bits per heavy atom. The first-order valence-electron chi connectivity index (χ1n) is 5.35. The van der Waals surface area contributed by atoms with E-state index in [2.05, 4.69) is 0 Å². The number of hydrogen-bond donors (Lipinski definition) is 1. The van der Waals surface area contributed by atoms with Crippen LogP contribution >= 0.6 is 0 Å². The van der Waals surface area contributed by atoms with Gasteiger partial charge in [-0.3, -0.25) is 0 Å². The van der Waals surface area contributed by atoms with Crippen LogP contribution in [-0.2, 0) is 0 Å². The van der Waals surface area contributed by atoms with Crippen LogP contribution in [0.25, 0.3) is 0 Å². The lowest BCUT2D eigenvalue weighted by molar-refractivity contribution is 0.414. The highest BCUT2D eigenvalue weighted by Gasteiger charge is 2.08. The molecule has 0 heterocycles. The summed E-state index contributed by atoms with van der Waals surface area (Å²) in [6.45, 7) is 0. The minimum Gasteiger partial charge on any atom is -0.497 e. The minimum atomic E-state index is -0.254. The van der Waals surface area contributed by atoms with Crippen molar-refractivity contribution in [1.29, 1.82) is 0 Å². The summed E-state index contributed by atoms with van der Waals surface area (Å²) in [5.41, 5.74) is 7.95. The van der Waals surface area contributed by atoms with E-state index in [1.54, 1.807) is 19.2 Å². The van der Waals surface area contributed by atoms with Crippen LogP contribution in [0.5, 0.6) is 5.75 Å². The predicted molar refractivity (Wildman–Crippen MR) is 65.4 cm³/mol. The summed E-state index contributed by atoms with van der Waals surface area (Å²) in [4.78, 5) is 0. The summed E-state index contributed by atoms with van der Waals surface area (Å²) in [7, 11) is 1.62. The molecular weight excluding hydrogens is 217 g/mol. The molecule has 0 spiro atoms. The summed E-state index contributed by atoms with van der Waals surface area (Å²) in [5.74, 6) is 0.538. The molecule has 0 aromatic heterocycles. The number of nitrogens with two attached hydrogens (primary N) is 1. The topological polar surface area (TPSA) is 35.2 Å². The lowest BCUT2D eigenvalue weighted by atomic mass is 10.00. The maximum Gasteiger partial charge on any atom is 0.123 e. The third-order valence-corrected chi connectivity index (χ3v) is 2.70. The van der Waals surface area contributed by atoms with Crippen molar-refractivity contribution in [2.24, 2.45) is 5.73 Å². The Morgan fingerprint density at radius 2 is 1.41 bits per heavy atom. The predicted octanol–water partition coefficient (Wildman–Crippen LogP) is 2.88. The van der Waals surface area contributed by atoms with Gasteiger partial charge < -0.3 is 10.5 Å². The van der Waals surface area contributed by atoms with Crippen LogP contribution < -0.4 is 10.5 Å². The normalized spacial score (nSPS) is 12.2. The summed E-state index contributed by atoms with van der Waals surface area (Å²) >= 11 is 0. The minimum absolute atomic E-state index is 0.249. The highest BCUT2D eigenvalue weighted by atomic mass is 19.1. The van der Waals surface area contributed by atoms with E-state index in [0.717, 1.165) is 16.9 Å². The van der Waals surface area contributed by atoms with Crippen LogP contribution in [0.2, 0.25) is 0 Å². The molecule has 0 radical (unpaired) electrons. The molecule has 2 aromatic carbocycles. The second-order valence-electron chi connectivity index (χ2n) is 3.80. The zero-order valence-electron chi connectivity index (χ0n) is 9.56. The van der Waals surface area contributed by atoms with Gasteiger partial charge >= 0.3 is 0 Å². The van der Waals surface area contributed by atoms with Gasteiger partial charge in [0.15, 0.2) is 0 Å². The van der Waals surface area contributed by atoms with Crippen LogP contribution in [0.3, 0.4) is 0 Å². The number of halogens is 1. The molecule has 17 heavy (non-hydrogen) atoms. The van der Waals surface area contributed by atoms with E-state index in [0.29, 0.717) is 0 Å². The molecule has 0 aliphatic rings. The van der Waals surface area contributed by atoms with Crippen molar-refractivity contribution in [3.63, 3.8) is 0 Å². The first-order chi connectivity index (χ1) is 8.20. The molecule has 0 saturated heterocycles. The number of hydrogen-bond acceptors (Lipinski definition) is 2. The molecule has 0 fully saturated rings. The van der Waals surface area contributed by atoms with Crippen LogP contribution in [-0.4, -0.2) is 7.11 Å². The summed E-state index contributed by atoms with van der Waals surface area (Å²) in [6, 6.07) is 13.5. The Morgan fingerprint density at radius 3 is 1.88 bits per heavy atom. The van der Waals surface area contributed by atoms with Crippen molar-refractivity contribution in [1.82, 2.24) is 0 Å². The second-order valence-corrected chi connectivity index (χ2v) is 3.80. The zero-order chi connectivity index (χ0) is 12.3. The standard InChI is InChI=1S/C14H14FNO/c1-17-13-8-4-11(5-9-13)14(16)10-2-6-12(15)7-3-10/h2-9,14H,16H2,1H3/t14-/m1/s1. The molecule has 2 N–H and O–H groups in total. The van der Waals surface area contributed by atoms with Crippen molar-refractivity contribution >= 4 is 0 Å². The van der Waals surface area contributed by atoms with Crippen LogP contribution in [0.1, 0.15) is 17.2 Å². The molecule has 2 aromatic rings. The third kappa shape index (κ3) is 2.63. The number of methoxy groups -OCH3 is 1. The largest absolute Gasteiger partial charge is 0.497 e. The average molecular weight is 231 g/mol. The molecule has 3 heteroatoms. The molecule has 1 atom stereocenters. The van der Waals surface area contributed by atoms with Gasteiger partial charge in [-0.2, -0.15) is 0 Å². The van der Waals surface area contributed by atoms with Gasteiger partial charge in [-0.05, 0) is 35.4 Å². The van der Waals surface area contributed by atoms with Gasteiger partial charge in [0.1, 0.15) is 11.6 Å². The quantitative estimate of drug-likeness (QED) is 0.881. The van der Waals surface area contributed by atoms with Gasteiger partial charge in [0, 0.05) is 0 Å². The molecule has 0 saturated carbocycles. The fourth-order valence-corrected chi connectivity index (χ4v) is 1.67. The monoisotopic (exact) mass is 231 g/mol. The van der Waals surface area contributed by atoms with Crippen LogP contribution in [0, 0.1) is 5.82 Å². The lowest BCUT2D eigenvalue weighted by Crippen LogP contribution is -2.11. The Balaban J connectivity index is 2.23. The SMILES string of the molecule is COc1ccc([C@H](N)c2ccc(F)cc2)cc1. The van der Waals surface area contributed by atoms with Gasteiger partial charge in [0.2, 0.25) is 0 Å². The van der Waals surface area contributed by atoms with E-state index in [9.17, 15) is 4.39 Å². The zero-order valence-corrected chi connectivity index (χ0v) is 9.56. The van der Waals surface area contributed by atoms with E-state index in [1.165, 1.54) is 12.1 Å². The smallest absolute Gasteiger partial charge is 0.123 e. The first-order valence-corrected chi connectivity index (χ1v) is 5.35. The van der Waals surface area contributed by atoms with Crippen molar-refractivity contribution < 1.29 is 9.13 Å². The van der Waals surface area contributed by atoms with Gasteiger partial charge in [-0.1, -0.05) is 24.3 Å². The fourth-order valence-electron chi connectivity index (χ4n) is 1.67.